The highest BCUT2D eigenvalue weighted by atomic mass is 35.5. The molecule has 326 valence electrons. The predicted molar refractivity (Wildman–Crippen MR) is 244 cm³/mol. The average molecular weight is 882 g/mol. The van der Waals surface area contributed by atoms with Crippen LogP contribution >= 0.6 is 23.2 Å². The standard InChI is InChI=1S/C48H54Cl2N6O6/c1-27(2)45(51)47(59)53-19-7-9-31(53)23-55-37-17-15-29(21-39(37)61-25-41(55)57)33-11-5-13-35(43(33)49)36-14-6-12-34(44(36)50)30-16-18-38-40(22-30)62-26-42(58)56(38)24-32-10-8-20-54(32)48(60)46(52)28(3)4/h5-6,11-18,21-22,27-28,31-32,45-46H,7-10,19-20,23-26,51-52H2,1-4H3/t31-,32-,45-,46-/m0/s1. The van der Waals surface area contributed by atoms with E-state index in [0.717, 1.165) is 59.1 Å². The van der Waals surface area contributed by atoms with Gasteiger partial charge in [0.25, 0.3) is 11.8 Å². The Balaban J connectivity index is 1.03. The van der Waals surface area contributed by atoms with Crippen LogP contribution in [0.2, 0.25) is 10.0 Å². The first-order valence-electron chi connectivity index (χ1n) is 21.6. The highest BCUT2D eigenvalue weighted by Crippen LogP contribution is 2.46. The van der Waals surface area contributed by atoms with Crippen LogP contribution in [0.4, 0.5) is 11.4 Å². The quantitative estimate of drug-likeness (QED) is 0.158. The second-order valence-electron chi connectivity index (χ2n) is 17.5. The minimum Gasteiger partial charge on any atom is -0.482 e. The second kappa shape index (κ2) is 17.9. The Morgan fingerprint density at radius 3 is 1.40 bits per heavy atom. The fraction of sp³-hybridized carbons (Fsp3) is 0.417. The van der Waals surface area contributed by atoms with E-state index in [1.165, 1.54) is 0 Å². The summed E-state index contributed by atoms with van der Waals surface area (Å²) in [5.41, 5.74) is 18.4. The van der Waals surface area contributed by atoms with E-state index < -0.39 is 12.1 Å². The van der Waals surface area contributed by atoms with Crippen LogP contribution in [-0.2, 0) is 19.2 Å². The van der Waals surface area contributed by atoms with Crippen LogP contribution in [0.15, 0.2) is 72.8 Å². The third-order valence-electron chi connectivity index (χ3n) is 12.8. The first-order valence-corrected chi connectivity index (χ1v) is 22.3. The third-order valence-corrected chi connectivity index (χ3v) is 13.6. The Labute approximate surface area is 373 Å². The Morgan fingerprint density at radius 1 is 0.629 bits per heavy atom. The number of nitrogens with zero attached hydrogens (tertiary/aromatic N) is 4. The predicted octanol–water partition coefficient (Wildman–Crippen LogP) is 7.39. The zero-order valence-corrected chi connectivity index (χ0v) is 37.1. The topological polar surface area (TPSA) is 152 Å². The summed E-state index contributed by atoms with van der Waals surface area (Å²) in [5, 5.41) is 0.988. The normalized spacial score (nSPS) is 19.7. The molecule has 0 spiro atoms. The van der Waals surface area contributed by atoms with Crippen molar-refractivity contribution in [1.29, 1.82) is 0 Å². The Morgan fingerprint density at radius 2 is 1.02 bits per heavy atom. The van der Waals surface area contributed by atoms with Gasteiger partial charge in [-0.15, -0.1) is 0 Å². The maximum Gasteiger partial charge on any atom is 0.265 e. The van der Waals surface area contributed by atoms with Crippen molar-refractivity contribution in [2.75, 3.05) is 49.2 Å². The maximum atomic E-state index is 13.3. The van der Waals surface area contributed by atoms with E-state index in [1.54, 1.807) is 9.80 Å². The molecule has 12 nitrogen and oxygen atoms in total. The molecule has 0 aromatic heterocycles. The van der Waals surface area contributed by atoms with Crippen LogP contribution in [0, 0.1) is 11.8 Å². The van der Waals surface area contributed by atoms with Gasteiger partial charge in [-0.05, 0) is 72.9 Å². The molecule has 8 rings (SSSR count). The van der Waals surface area contributed by atoms with Gasteiger partial charge in [-0.1, -0.05) is 99.4 Å². The fourth-order valence-corrected chi connectivity index (χ4v) is 9.75. The number of hydrogen-bond donors (Lipinski definition) is 2. The van der Waals surface area contributed by atoms with Crippen molar-refractivity contribution in [3.05, 3.63) is 82.8 Å². The van der Waals surface area contributed by atoms with Crippen LogP contribution in [0.1, 0.15) is 53.4 Å². The van der Waals surface area contributed by atoms with Gasteiger partial charge in [-0.2, -0.15) is 0 Å². The first kappa shape index (κ1) is 43.5. The lowest BCUT2D eigenvalue weighted by atomic mass is 9.95. The van der Waals surface area contributed by atoms with Gasteiger partial charge in [0, 0.05) is 60.5 Å². The number of rotatable bonds is 11. The minimum atomic E-state index is -0.587. The SMILES string of the molecule is CC(C)[C@H](N)C(=O)N1CCC[C@H]1CN1C(=O)COc2cc(-c3cccc(-c4cccc(-c5ccc6c(c5)OCC(=O)N6C[C@@H]5CCCN5C(=O)[C@@H](N)C(C)C)c4Cl)c3Cl)ccc21. The minimum absolute atomic E-state index is 0.0127. The Bertz CT molecular complexity index is 2240. The van der Waals surface area contributed by atoms with Crippen molar-refractivity contribution in [2.24, 2.45) is 23.3 Å². The lowest BCUT2D eigenvalue weighted by Gasteiger charge is -2.35. The third kappa shape index (κ3) is 8.25. The molecule has 14 heteroatoms. The number of anilines is 2. The molecule has 4 atom stereocenters. The molecule has 4 heterocycles. The van der Waals surface area contributed by atoms with Gasteiger partial charge < -0.3 is 40.5 Å². The van der Waals surface area contributed by atoms with Crippen molar-refractivity contribution < 1.29 is 28.7 Å². The molecule has 0 bridgehead atoms. The number of likely N-dealkylation sites (tertiary alicyclic amines) is 2. The average Bonchev–Trinajstić information content (AvgIpc) is 3.94. The molecule has 0 radical (unpaired) electrons. The first-order chi connectivity index (χ1) is 29.7. The Kier molecular flexibility index (Phi) is 12.6. The summed E-state index contributed by atoms with van der Waals surface area (Å²) in [6.45, 7) is 9.49. The molecule has 2 fully saturated rings. The van der Waals surface area contributed by atoms with E-state index in [4.69, 9.17) is 44.1 Å². The largest absolute Gasteiger partial charge is 0.482 e. The van der Waals surface area contributed by atoms with Gasteiger partial charge in [-0.3, -0.25) is 19.2 Å². The number of carbonyl (C=O) groups is 4. The van der Waals surface area contributed by atoms with Crippen LogP contribution in [-0.4, -0.2) is 97.0 Å². The molecule has 4 aromatic rings. The van der Waals surface area contributed by atoms with Gasteiger partial charge >= 0.3 is 0 Å². The molecule has 0 saturated carbocycles. The molecule has 4 N–H and O–H groups in total. The number of halogens is 2. The molecular weight excluding hydrogens is 827 g/mol. The molecule has 62 heavy (non-hydrogen) atoms. The summed E-state index contributed by atoms with van der Waals surface area (Å²) in [6.07, 6.45) is 3.29. The zero-order chi connectivity index (χ0) is 44.0. The van der Waals surface area contributed by atoms with Crippen LogP contribution in [0.25, 0.3) is 33.4 Å². The summed E-state index contributed by atoms with van der Waals surface area (Å²) < 4.78 is 12.0. The van der Waals surface area contributed by atoms with Gasteiger partial charge in [0.05, 0.1) is 33.5 Å². The van der Waals surface area contributed by atoms with E-state index in [1.807, 2.05) is 110 Å². The number of nitrogens with two attached hydrogens (primary N) is 2. The summed E-state index contributed by atoms with van der Waals surface area (Å²) >= 11 is 14.5. The smallest absolute Gasteiger partial charge is 0.265 e. The fourth-order valence-electron chi connectivity index (χ4n) is 9.08. The molecule has 0 aliphatic carbocycles. The van der Waals surface area contributed by atoms with E-state index in [9.17, 15) is 19.2 Å². The molecule has 2 saturated heterocycles. The lowest BCUT2D eigenvalue weighted by molar-refractivity contribution is -0.135. The highest BCUT2D eigenvalue weighted by Gasteiger charge is 2.38. The summed E-state index contributed by atoms with van der Waals surface area (Å²) in [4.78, 5) is 60.1. The van der Waals surface area contributed by atoms with E-state index >= 15 is 0 Å². The summed E-state index contributed by atoms with van der Waals surface area (Å²) in [5.74, 6) is 0.642. The van der Waals surface area contributed by atoms with Crippen molar-refractivity contribution in [1.82, 2.24) is 9.80 Å². The van der Waals surface area contributed by atoms with Gasteiger partial charge in [-0.25, -0.2) is 0 Å². The summed E-state index contributed by atoms with van der Waals surface area (Å²) in [6, 6.07) is 21.5. The van der Waals surface area contributed by atoms with Crippen molar-refractivity contribution in [3.8, 4) is 44.9 Å². The molecule has 4 aromatic carbocycles. The monoisotopic (exact) mass is 880 g/mol. The van der Waals surface area contributed by atoms with E-state index in [0.29, 0.717) is 59.1 Å². The lowest BCUT2D eigenvalue weighted by Crippen LogP contribution is -2.52. The number of fused-ring (bicyclic) bond motifs is 2. The highest BCUT2D eigenvalue weighted by molar-refractivity contribution is 6.39. The van der Waals surface area contributed by atoms with Gasteiger partial charge in [0.1, 0.15) is 11.5 Å². The summed E-state index contributed by atoms with van der Waals surface area (Å²) in [7, 11) is 0. The second-order valence-corrected chi connectivity index (χ2v) is 18.2. The number of amides is 4. The van der Waals surface area contributed by atoms with Crippen molar-refractivity contribution in [3.63, 3.8) is 0 Å². The number of hydrogen-bond acceptors (Lipinski definition) is 8. The van der Waals surface area contributed by atoms with Crippen LogP contribution in [0.5, 0.6) is 11.5 Å². The number of carbonyl (C=O) groups excluding carboxylic acids is 4. The maximum absolute atomic E-state index is 13.3. The van der Waals surface area contributed by atoms with Gasteiger partial charge in [0.2, 0.25) is 11.8 Å². The molecule has 4 aliphatic rings. The molecular formula is C48H54Cl2N6O6. The van der Waals surface area contributed by atoms with Crippen LogP contribution < -0.4 is 30.7 Å². The van der Waals surface area contributed by atoms with Crippen LogP contribution in [0.3, 0.4) is 0 Å². The van der Waals surface area contributed by atoms with E-state index in [-0.39, 0.29) is 60.8 Å². The molecule has 4 amide bonds. The van der Waals surface area contributed by atoms with Crippen molar-refractivity contribution in [2.45, 2.75) is 77.5 Å². The number of ether oxygens (including phenoxy) is 2. The molecule has 0 unspecified atom stereocenters. The Hall–Kier alpha value is -5.14. The number of benzene rings is 4. The van der Waals surface area contributed by atoms with Gasteiger partial charge in [0.15, 0.2) is 13.2 Å². The molecule has 4 aliphatic heterocycles. The van der Waals surface area contributed by atoms with E-state index in [2.05, 4.69) is 0 Å². The van der Waals surface area contributed by atoms with Crippen molar-refractivity contribution >= 4 is 58.2 Å². The zero-order valence-electron chi connectivity index (χ0n) is 35.6.